The number of rotatable bonds is 2. The molecule has 1 fully saturated rings. The summed E-state index contributed by atoms with van der Waals surface area (Å²) in [5, 5.41) is 0. The molecule has 0 amide bonds. The number of nitrogens with two attached hydrogens (primary N) is 1. The van der Waals surface area contributed by atoms with E-state index >= 15 is 0 Å². The Kier molecular flexibility index (Phi) is 2.96. The molecule has 0 aliphatic carbocycles. The van der Waals surface area contributed by atoms with Crippen LogP contribution >= 0.6 is 0 Å². The Morgan fingerprint density at radius 2 is 2.00 bits per heavy atom. The molecule has 1 rings (SSSR count). The molecule has 1 saturated heterocycles. The monoisotopic (exact) mass is 186 g/mol. The van der Waals surface area contributed by atoms with Crippen LogP contribution in [0.3, 0.4) is 0 Å². The fourth-order valence-corrected chi connectivity index (χ4v) is 3.53. The zero-order chi connectivity index (χ0) is 9.35. The average Bonchev–Trinajstić information content (AvgIpc) is 2.16. The minimum Gasteiger partial charge on any atom is -0.326 e. The van der Waals surface area contributed by atoms with E-state index in [0.717, 1.165) is 0 Å². The quantitative estimate of drug-likeness (QED) is 0.658. The second-order valence-electron chi connectivity index (χ2n) is 5.22. The molecule has 1 aliphatic heterocycles. The van der Waals surface area contributed by atoms with Crippen LogP contribution in [-0.2, 0) is 0 Å². The van der Waals surface area contributed by atoms with E-state index in [4.69, 9.17) is 5.73 Å². The van der Waals surface area contributed by atoms with Gasteiger partial charge < -0.3 is 10.6 Å². The van der Waals surface area contributed by atoms with Crippen molar-refractivity contribution in [2.45, 2.75) is 45.1 Å². The third-order valence-electron chi connectivity index (χ3n) is 2.62. The van der Waals surface area contributed by atoms with E-state index in [1.807, 2.05) is 0 Å². The van der Waals surface area contributed by atoms with E-state index < -0.39 is 8.07 Å². The molecule has 0 aromatic heterocycles. The Hall–Kier alpha value is 0.137. The van der Waals surface area contributed by atoms with Crippen LogP contribution < -0.4 is 5.73 Å². The number of nitrogens with zero attached hydrogens (tertiary/aromatic N) is 1. The lowest BCUT2D eigenvalue weighted by molar-refractivity contribution is 0.297. The summed E-state index contributed by atoms with van der Waals surface area (Å²) < 4.78 is 0. The van der Waals surface area contributed by atoms with Crippen LogP contribution in [0.25, 0.3) is 0 Å². The summed E-state index contributed by atoms with van der Waals surface area (Å²) >= 11 is 0. The van der Waals surface area contributed by atoms with Gasteiger partial charge in [-0.2, -0.15) is 0 Å². The zero-order valence-electron chi connectivity index (χ0n) is 8.80. The van der Waals surface area contributed by atoms with Gasteiger partial charge in [0.25, 0.3) is 0 Å². The molecule has 2 nitrogen and oxygen atoms in total. The Morgan fingerprint density at radius 1 is 1.42 bits per heavy atom. The van der Waals surface area contributed by atoms with E-state index in [1.54, 1.807) is 0 Å². The smallest absolute Gasteiger partial charge is 0.0599 e. The lowest BCUT2D eigenvalue weighted by Crippen LogP contribution is -2.45. The molecule has 0 spiro atoms. The Balaban J connectivity index is 2.44. The van der Waals surface area contributed by atoms with Crippen LogP contribution in [0.15, 0.2) is 0 Å². The molecule has 2 N–H and O–H groups in total. The number of likely N-dealkylation sites (tertiary alicyclic amines) is 1. The summed E-state index contributed by atoms with van der Waals surface area (Å²) in [6.07, 6.45) is 2.49. The van der Waals surface area contributed by atoms with Gasteiger partial charge in [0.1, 0.15) is 0 Å². The summed E-state index contributed by atoms with van der Waals surface area (Å²) in [5.74, 6) is 0. The third-order valence-corrected chi connectivity index (χ3v) is 3.98. The lowest BCUT2D eigenvalue weighted by Gasteiger charge is -2.29. The van der Waals surface area contributed by atoms with Gasteiger partial charge in [-0.15, -0.1) is 0 Å². The van der Waals surface area contributed by atoms with E-state index in [2.05, 4.69) is 31.5 Å². The van der Waals surface area contributed by atoms with Gasteiger partial charge in [0.15, 0.2) is 0 Å². The summed E-state index contributed by atoms with van der Waals surface area (Å²) in [5.41, 5.74) is 5.96. The highest BCUT2D eigenvalue weighted by Gasteiger charge is 2.30. The first-order valence-electron chi connectivity index (χ1n) is 4.90. The van der Waals surface area contributed by atoms with Crippen molar-refractivity contribution in [2.24, 2.45) is 5.73 Å². The largest absolute Gasteiger partial charge is 0.326 e. The van der Waals surface area contributed by atoms with Crippen LogP contribution in [0, 0.1) is 0 Å². The van der Waals surface area contributed by atoms with Crippen molar-refractivity contribution in [2.75, 3.05) is 12.7 Å². The third kappa shape index (κ3) is 2.57. The van der Waals surface area contributed by atoms with E-state index in [-0.39, 0.29) is 0 Å². The normalized spacial score (nSPS) is 32.8. The minimum absolute atomic E-state index is 0.418. The Bertz CT molecular complexity index is 153. The molecular formula is C9H22N2Si. The Morgan fingerprint density at radius 3 is 2.33 bits per heavy atom. The minimum atomic E-state index is -0.923. The highest BCUT2D eigenvalue weighted by atomic mass is 28.3. The van der Waals surface area contributed by atoms with Gasteiger partial charge in [-0.25, -0.2) is 0 Å². The van der Waals surface area contributed by atoms with E-state index in [1.165, 1.54) is 19.1 Å². The van der Waals surface area contributed by atoms with Crippen molar-refractivity contribution in [3.05, 3.63) is 0 Å². The molecule has 2 unspecified atom stereocenters. The molecule has 1 heterocycles. The zero-order valence-corrected chi connectivity index (χ0v) is 9.80. The van der Waals surface area contributed by atoms with Crippen LogP contribution in [0.1, 0.15) is 13.3 Å². The second kappa shape index (κ2) is 3.48. The molecule has 0 saturated carbocycles. The first-order valence-corrected chi connectivity index (χ1v) is 8.60. The molecular weight excluding hydrogens is 164 g/mol. The molecule has 72 valence electrons. The Labute approximate surface area is 77.1 Å². The lowest BCUT2D eigenvalue weighted by atomic mass is 10.2. The summed E-state index contributed by atoms with van der Waals surface area (Å²) in [6.45, 7) is 10.7. The van der Waals surface area contributed by atoms with Gasteiger partial charge in [0, 0.05) is 12.1 Å². The SMILES string of the molecule is CC1C(N)CCN1C[Si](C)(C)C. The number of hydrogen-bond acceptors (Lipinski definition) is 2. The molecule has 2 atom stereocenters. The first-order chi connectivity index (χ1) is 5.40. The maximum absolute atomic E-state index is 5.96. The molecule has 0 aromatic rings. The van der Waals surface area contributed by atoms with Gasteiger partial charge >= 0.3 is 0 Å². The molecule has 0 aromatic carbocycles. The fourth-order valence-electron chi connectivity index (χ4n) is 1.86. The molecule has 3 heteroatoms. The van der Waals surface area contributed by atoms with Crippen molar-refractivity contribution in [3.63, 3.8) is 0 Å². The summed E-state index contributed by atoms with van der Waals surface area (Å²) in [7, 11) is -0.923. The maximum Gasteiger partial charge on any atom is 0.0599 e. The van der Waals surface area contributed by atoms with Gasteiger partial charge in [-0.05, 0) is 26.1 Å². The topological polar surface area (TPSA) is 29.3 Å². The predicted octanol–water partition coefficient (Wildman–Crippen LogP) is 1.29. The van der Waals surface area contributed by atoms with Crippen LogP contribution in [0.2, 0.25) is 19.6 Å². The molecule has 0 radical (unpaired) electrons. The van der Waals surface area contributed by atoms with Crippen molar-refractivity contribution in [1.82, 2.24) is 4.90 Å². The van der Waals surface area contributed by atoms with Crippen molar-refractivity contribution in [3.8, 4) is 0 Å². The summed E-state index contributed by atoms with van der Waals surface area (Å²) in [4.78, 5) is 2.57. The van der Waals surface area contributed by atoms with Gasteiger partial charge in [-0.1, -0.05) is 19.6 Å². The molecule has 12 heavy (non-hydrogen) atoms. The van der Waals surface area contributed by atoms with E-state index in [0.29, 0.717) is 12.1 Å². The average molecular weight is 186 g/mol. The molecule has 1 aliphatic rings. The van der Waals surface area contributed by atoms with Crippen LogP contribution in [0.5, 0.6) is 0 Å². The van der Waals surface area contributed by atoms with Crippen molar-refractivity contribution < 1.29 is 0 Å². The first kappa shape index (κ1) is 10.2. The van der Waals surface area contributed by atoms with Gasteiger partial charge in [0.05, 0.1) is 8.07 Å². The standard InChI is InChI=1S/C9H22N2Si/c1-8-9(10)5-6-11(8)7-12(2,3)4/h8-9H,5-7,10H2,1-4H3. The van der Waals surface area contributed by atoms with Crippen molar-refractivity contribution >= 4 is 8.07 Å². The second-order valence-corrected chi connectivity index (χ2v) is 10.7. The maximum atomic E-state index is 5.96. The van der Waals surface area contributed by atoms with Crippen LogP contribution in [0.4, 0.5) is 0 Å². The number of hydrogen-bond donors (Lipinski definition) is 1. The molecule has 0 bridgehead atoms. The van der Waals surface area contributed by atoms with Gasteiger partial charge in [0.2, 0.25) is 0 Å². The van der Waals surface area contributed by atoms with Crippen LogP contribution in [-0.4, -0.2) is 37.8 Å². The van der Waals surface area contributed by atoms with E-state index in [9.17, 15) is 0 Å². The van der Waals surface area contributed by atoms with Gasteiger partial charge in [-0.3, -0.25) is 0 Å². The summed E-state index contributed by atoms with van der Waals surface area (Å²) in [6, 6.07) is 1.03. The highest BCUT2D eigenvalue weighted by molar-refractivity contribution is 6.76. The van der Waals surface area contributed by atoms with Crippen molar-refractivity contribution in [1.29, 1.82) is 0 Å². The fraction of sp³-hybridized carbons (Fsp3) is 1.00. The predicted molar refractivity (Wildman–Crippen MR) is 57.0 cm³/mol. The highest BCUT2D eigenvalue weighted by Crippen LogP contribution is 2.18.